The number of hydrogen-bond acceptors (Lipinski definition) is 5. The van der Waals surface area contributed by atoms with Gasteiger partial charge in [0.15, 0.2) is 0 Å². The Labute approximate surface area is 149 Å². The van der Waals surface area contributed by atoms with Gasteiger partial charge in [-0.1, -0.05) is 6.92 Å². The summed E-state index contributed by atoms with van der Waals surface area (Å²) in [5.41, 5.74) is 2.56. The lowest BCUT2D eigenvalue weighted by Gasteiger charge is -2.40. The largest absolute Gasteiger partial charge is 0.300 e. The first kappa shape index (κ1) is 17.6. The van der Waals surface area contributed by atoms with E-state index in [1.165, 1.54) is 35.7 Å². The van der Waals surface area contributed by atoms with E-state index in [0.717, 1.165) is 19.5 Å². The maximum absolute atomic E-state index is 4.71. The highest BCUT2D eigenvalue weighted by atomic mass is 32.1. The third kappa shape index (κ3) is 4.05. The van der Waals surface area contributed by atoms with Gasteiger partial charge in [0.05, 0.1) is 16.9 Å². The molecule has 5 nitrogen and oxygen atoms in total. The van der Waals surface area contributed by atoms with E-state index in [1.54, 1.807) is 11.3 Å². The number of aryl methyl sites for hydroxylation is 2. The molecule has 0 bridgehead atoms. The van der Waals surface area contributed by atoms with E-state index in [0.29, 0.717) is 12.0 Å². The minimum Gasteiger partial charge on any atom is -0.300 e. The molecular formula is C18H29N5S. The van der Waals surface area contributed by atoms with Crippen molar-refractivity contribution in [2.24, 2.45) is 13.0 Å². The van der Waals surface area contributed by atoms with E-state index < -0.39 is 0 Å². The molecule has 0 radical (unpaired) electrons. The molecule has 0 aliphatic carbocycles. The van der Waals surface area contributed by atoms with E-state index in [1.807, 2.05) is 17.9 Å². The molecule has 1 aliphatic rings. The SMILES string of the molecule is CCc1nc(CN(C)C[C@@H]2CCCN(C)[C@H]2c2cnn(C)c2)cs1. The molecule has 2 atom stereocenters. The molecule has 0 aromatic carbocycles. The number of hydrogen-bond donors (Lipinski definition) is 0. The predicted octanol–water partition coefficient (Wildman–Crippen LogP) is 2.95. The molecule has 1 fully saturated rings. The van der Waals surface area contributed by atoms with E-state index >= 15 is 0 Å². The molecule has 0 N–H and O–H groups in total. The van der Waals surface area contributed by atoms with Crippen LogP contribution in [0.3, 0.4) is 0 Å². The minimum atomic E-state index is 0.469. The number of nitrogens with zero attached hydrogens (tertiary/aromatic N) is 5. The maximum Gasteiger partial charge on any atom is 0.0926 e. The van der Waals surface area contributed by atoms with Gasteiger partial charge in [0.2, 0.25) is 0 Å². The van der Waals surface area contributed by atoms with E-state index in [-0.39, 0.29) is 0 Å². The molecule has 2 aromatic rings. The van der Waals surface area contributed by atoms with E-state index in [9.17, 15) is 0 Å². The highest BCUT2D eigenvalue weighted by Gasteiger charge is 2.32. The van der Waals surface area contributed by atoms with Crippen LogP contribution in [-0.4, -0.2) is 51.7 Å². The Morgan fingerprint density at radius 2 is 2.21 bits per heavy atom. The zero-order valence-corrected chi connectivity index (χ0v) is 16.1. The van der Waals surface area contributed by atoms with Crippen LogP contribution in [0.1, 0.15) is 42.1 Å². The Morgan fingerprint density at radius 3 is 2.88 bits per heavy atom. The van der Waals surface area contributed by atoms with Crippen LogP contribution in [0.5, 0.6) is 0 Å². The topological polar surface area (TPSA) is 37.2 Å². The maximum atomic E-state index is 4.71. The number of likely N-dealkylation sites (tertiary alicyclic amines) is 1. The van der Waals surface area contributed by atoms with Crippen LogP contribution >= 0.6 is 11.3 Å². The van der Waals surface area contributed by atoms with Crippen molar-refractivity contribution in [2.45, 2.75) is 38.8 Å². The zero-order valence-electron chi connectivity index (χ0n) is 15.3. The van der Waals surface area contributed by atoms with Crippen LogP contribution in [0, 0.1) is 5.92 Å². The molecule has 1 saturated heterocycles. The molecule has 3 rings (SSSR count). The second kappa shape index (κ2) is 7.76. The van der Waals surface area contributed by atoms with Crippen molar-refractivity contribution in [3.05, 3.63) is 34.0 Å². The molecule has 24 heavy (non-hydrogen) atoms. The fraction of sp³-hybridized carbons (Fsp3) is 0.667. The second-order valence-electron chi connectivity index (χ2n) is 7.06. The first-order valence-electron chi connectivity index (χ1n) is 8.87. The summed E-state index contributed by atoms with van der Waals surface area (Å²) in [5, 5.41) is 7.84. The molecule has 132 valence electrons. The average Bonchev–Trinajstić information content (AvgIpc) is 3.16. The number of aromatic nitrogens is 3. The van der Waals surface area contributed by atoms with Gasteiger partial charge in [0, 0.05) is 43.3 Å². The highest BCUT2D eigenvalue weighted by Crippen LogP contribution is 2.35. The molecule has 1 aliphatic heterocycles. The van der Waals surface area contributed by atoms with Crippen molar-refractivity contribution in [3.8, 4) is 0 Å². The Kier molecular flexibility index (Phi) is 5.69. The fourth-order valence-corrected chi connectivity index (χ4v) is 4.63. The van der Waals surface area contributed by atoms with Gasteiger partial charge in [-0.25, -0.2) is 4.98 Å². The Balaban J connectivity index is 1.66. The van der Waals surface area contributed by atoms with Gasteiger partial charge in [-0.3, -0.25) is 9.58 Å². The zero-order chi connectivity index (χ0) is 17.1. The summed E-state index contributed by atoms with van der Waals surface area (Å²) >= 11 is 1.78. The van der Waals surface area contributed by atoms with Crippen LogP contribution in [0.2, 0.25) is 0 Å². The van der Waals surface area contributed by atoms with E-state index in [4.69, 9.17) is 4.98 Å². The van der Waals surface area contributed by atoms with Crippen molar-refractivity contribution in [2.75, 3.05) is 27.2 Å². The normalized spacial score (nSPS) is 22.4. The quantitative estimate of drug-likeness (QED) is 0.805. The first-order chi connectivity index (χ1) is 11.6. The summed E-state index contributed by atoms with van der Waals surface area (Å²) in [6, 6.07) is 0.469. The van der Waals surface area contributed by atoms with Crippen LogP contribution in [-0.2, 0) is 20.0 Å². The summed E-state index contributed by atoms with van der Waals surface area (Å²) < 4.78 is 1.92. The second-order valence-corrected chi connectivity index (χ2v) is 8.00. The lowest BCUT2D eigenvalue weighted by Crippen LogP contribution is -2.40. The lowest BCUT2D eigenvalue weighted by molar-refractivity contribution is 0.0923. The van der Waals surface area contributed by atoms with Crippen molar-refractivity contribution in [3.63, 3.8) is 0 Å². The predicted molar refractivity (Wildman–Crippen MR) is 99.1 cm³/mol. The lowest BCUT2D eigenvalue weighted by atomic mass is 9.86. The molecule has 2 aromatic heterocycles. The van der Waals surface area contributed by atoms with Gasteiger partial charge in [-0.2, -0.15) is 5.10 Å². The molecular weight excluding hydrogens is 318 g/mol. The van der Waals surface area contributed by atoms with Crippen LogP contribution in [0.15, 0.2) is 17.8 Å². The molecule has 0 spiro atoms. The summed E-state index contributed by atoms with van der Waals surface area (Å²) in [5.74, 6) is 0.641. The minimum absolute atomic E-state index is 0.469. The summed E-state index contributed by atoms with van der Waals surface area (Å²) in [6.45, 7) is 5.38. The smallest absolute Gasteiger partial charge is 0.0926 e. The first-order valence-corrected chi connectivity index (χ1v) is 9.75. The number of piperidine rings is 1. The van der Waals surface area contributed by atoms with Crippen molar-refractivity contribution < 1.29 is 0 Å². The van der Waals surface area contributed by atoms with Crippen molar-refractivity contribution in [1.82, 2.24) is 24.6 Å². The summed E-state index contributed by atoms with van der Waals surface area (Å²) in [4.78, 5) is 9.64. The molecule has 3 heterocycles. The Hall–Kier alpha value is -1.24. The van der Waals surface area contributed by atoms with Gasteiger partial charge >= 0.3 is 0 Å². The highest BCUT2D eigenvalue weighted by molar-refractivity contribution is 7.09. The van der Waals surface area contributed by atoms with Crippen LogP contribution in [0.25, 0.3) is 0 Å². The Bertz CT molecular complexity index is 649. The monoisotopic (exact) mass is 347 g/mol. The summed E-state index contributed by atoms with van der Waals surface area (Å²) in [7, 11) is 6.47. The van der Waals surface area contributed by atoms with Crippen LogP contribution in [0.4, 0.5) is 0 Å². The van der Waals surface area contributed by atoms with Crippen molar-refractivity contribution in [1.29, 1.82) is 0 Å². The van der Waals surface area contributed by atoms with Gasteiger partial charge in [-0.05, 0) is 45.8 Å². The van der Waals surface area contributed by atoms with Crippen molar-refractivity contribution >= 4 is 11.3 Å². The Morgan fingerprint density at radius 1 is 1.38 bits per heavy atom. The third-order valence-corrected chi connectivity index (χ3v) is 6.00. The number of thiazole rings is 1. The molecule has 0 saturated carbocycles. The molecule has 0 amide bonds. The molecule has 0 unspecified atom stereocenters. The number of rotatable bonds is 6. The standard InChI is InChI=1S/C18H29N5S/c1-5-17-20-16(13-24-17)12-21(2)10-14-7-6-8-22(3)18(14)15-9-19-23(4)11-15/h9,11,13-14,18H,5-8,10,12H2,1-4H3/t14-,18+/m0/s1. The van der Waals surface area contributed by atoms with Gasteiger partial charge in [0.1, 0.15) is 0 Å². The molecule has 6 heteroatoms. The van der Waals surface area contributed by atoms with E-state index in [2.05, 4.69) is 47.5 Å². The average molecular weight is 348 g/mol. The summed E-state index contributed by atoms with van der Waals surface area (Å²) in [6.07, 6.45) is 7.81. The van der Waals surface area contributed by atoms with Crippen LogP contribution < -0.4 is 0 Å². The fourth-order valence-electron chi connectivity index (χ4n) is 3.90. The van der Waals surface area contributed by atoms with Gasteiger partial charge in [-0.15, -0.1) is 11.3 Å². The van der Waals surface area contributed by atoms with Gasteiger partial charge in [0.25, 0.3) is 0 Å². The van der Waals surface area contributed by atoms with Gasteiger partial charge < -0.3 is 4.90 Å². The third-order valence-electron chi connectivity index (χ3n) is 4.95.